The van der Waals surface area contributed by atoms with Gasteiger partial charge in [0.15, 0.2) is 5.13 Å². The Hall–Kier alpha value is -1.49. The van der Waals surface area contributed by atoms with Crippen LogP contribution in [0.2, 0.25) is 5.02 Å². The van der Waals surface area contributed by atoms with Gasteiger partial charge < -0.3 is 10.2 Å². The van der Waals surface area contributed by atoms with Gasteiger partial charge in [-0.3, -0.25) is 4.72 Å². The van der Waals surface area contributed by atoms with Gasteiger partial charge in [0.1, 0.15) is 10.7 Å². The van der Waals surface area contributed by atoms with Crippen molar-refractivity contribution in [1.82, 2.24) is 9.88 Å². The zero-order chi connectivity index (χ0) is 20.8. The van der Waals surface area contributed by atoms with Crippen molar-refractivity contribution < 1.29 is 17.2 Å². The van der Waals surface area contributed by atoms with E-state index in [0.717, 1.165) is 31.6 Å². The summed E-state index contributed by atoms with van der Waals surface area (Å²) in [6.45, 7) is 4.29. The Morgan fingerprint density at radius 3 is 2.83 bits per heavy atom. The van der Waals surface area contributed by atoms with Gasteiger partial charge in [-0.05, 0) is 57.3 Å². The first kappa shape index (κ1) is 20.8. The molecule has 0 amide bonds. The number of aryl methyl sites for hydroxylation is 1. The number of halogens is 3. The van der Waals surface area contributed by atoms with E-state index in [1.54, 1.807) is 0 Å². The Morgan fingerprint density at radius 2 is 2.10 bits per heavy atom. The summed E-state index contributed by atoms with van der Waals surface area (Å²) in [7, 11) is -4.29. The van der Waals surface area contributed by atoms with E-state index in [1.165, 1.54) is 19.8 Å². The minimum atomic E-state index is -4.29. The molecule has 0 radical (unpaired) electrons. The smallest absolute Gasteiger partial charge is 0.266 e. The van der Waals surface area contributed by atoms with Gasteiger partial charge in [0, 0.05) is 12.6 Å². The van der Waals surface area contributed by atoms with Crippen LogP contribution in [0.3, 0.4) is 0 Å². The quantitative estimate of drug-likeness (QED) is 0.676. The second-order valence-corrected chi connectivity index (χ2v) is 10.4. The zero-order valence-corrected chi connectivity index (χ0v) is 18.1. The van der Waals surface area contributed by atoms with E-state index in [9.17, 15) is 17.2 Å². The second-order valence-electron chi connectivity index (χ2n) is 7.42. The van der Waals surface area contributed by atoms with Crippen LogP contribution in [0.25, 0.3) is 0 Å². The van der Waals surface area contributed by atoms with Crippen molar-refractivity contribution in [2.24, 2.45) is 5.92 Å². The van der Waals surface area contributed by atoms with Gasteiger partial charge in [0.05, 0.1) is 16.4 Å². The highest BCUT2D eigenvalue weighted by molar-refractivity contribution is 7.93. The molecule has 3 heterocycles. The third kappa shape index (κ3) is 4.21. The normalized spacial score (nSPS) is 22.1. The third-order valence-corrected chi connectivity index (χ3v) is 8.23. The van der Waals surface area contributed by atoms with E-state index in [1.807, 2.05) is 0 Å². The largest absolute Gasteiger partial charge is 0.383 e. The van der Waals surface area contributed by atoms with Crippen molar-refractivity contribution in [2.45, 2.75) is 37.1 Å². The number of anilines is 2. The lowest BCUT2D eigenvalue weighted by Crippen LogP contribution is -2.29. The standard InChI is InChI=1S/C18H21ClF2N4O2S2/c1-10-17(21)28-18(23-10)24-29(26,27)16-7-12(19)14(8-13(16)20)22-9-11-4-6-25-5-2-3-15(11)25/h7-8,11,15,22H,2-6,9H2,1H3,(H,23,24)/t11-,15?/m0/s1. The monoisotopic (exact) mass is 462 g/mol. The molecule has 2 saturated heterocycles. The molecule has 158 valence electrons. The van der Waals surface area contributed by atoms with E-state index in [0.29, 0.717) is 35.5 Å². The predicted octanol–water partition coefficient (Wildman–Crippen LogP) is 4.08. The molecule has 11 heteroatoms. The second kappa shape index (κ2) is 7.98. The molecule has 2 fully saturated rings. The van der Waals surface area contributed by atoms with Crippen LogP contribution in [0.4, 0.5) is 19.6 Å². The van der Waals surface area contributed by atoms with Gasteiger partial charge in [-0.25, -0.2) is 17.8 Å². The highest BCUT2D eigenvalue weighted by atomic mass is 35.5. The molecule has 2 aromatic rings. The lowest BCUT2D eigenvalue weighted by atomic mass is 9.98. The summed E-state index contributed by atoms with van der Waals surface area (Å²) >= 11 is 6.77. The van der Waals surface area contributed by atoms with Crippen LogP contribution in [-0.4, -0.2) is 44.0 Å². The average molecular weight is 463 g/mol. The van der Waals surface area contributed by atoms with Crippen LogP contribution in [0.1, 0.15) is 25.0 Å². The van der Waals surface area contributed by atoms with Gasteiger partial charge in [-0.1, -0.05) is 22.9 Å². The van der Waals surface area contributed by atoms with Gasteiger partial charge >= 0.3 is 0 Å². The molecule has 29 heavy (non-hydrogen) atoms. The first-order valence-corrected chi connectivity index (χ1v) is 12.0. The van der Waals surface area contributed by atoms with Crippen molar-refractivity contribution in [3.63, 3.8) is 0 Å². The topological polar surface area (TPSA) is 74.3 Å². The molecule has 1 aromatic carbocycles. The van der Waals surface area contributed by atoms with E-state index in [2.05, 4.69) is 19.9 Å². The number of nitrogens with zero attached hydrogens (tertiary/aromatic N) is 2. The summed E-state index contributed by atoms with van der Waals surface area (Å²) in [5, 5.41) is 2.51. The summed E-state index contributed by atoms with van der Waals surface area (Å²) in [6, 6.07) is 2.71. The summed E-state index contributed by atoms with van der Waals surface area (Å²) in [4.78, 5) is 5.65. The average Bonchev–Trinajstić information content (AvgIpc) is 3.32. The van der Waals surface area contributed by atoms with Crippen LogP contribution in [0.5, 0.6) is 0 Å². The van der Waals surface area contributed by atoms with Crippen LogP contribution in [-0.2, 0) is 10.0 Å². The molecule has 0 aliphatic carbocycles. The summed E-state index contributed by atoms with van der Waals surface area (Å²) < 4.78 is 55.1. The van der Waals surface area contributed by atoms with Gasteiger partial charge in [-0.2, -0.15) is 4.39 Å². The molecule has 1 aromatic heterocycles. The Balaban J connectivity index is 1.49. The summed E-state index contributed by atoms with van der Waals surface area (Å²) in [6.07, 6.45) is 3.46. The zero-order valence-electron chi connectivity index (χ0n) is 15.7. The maximum Gasteiger partial charge on any atom is 0.266 e. The molecule has 0 bridgehead atoms. The summed E-state index contributed by atoms with van der Waals surface area (Å²) in [5.74, 6) is -0.475. The van der Waals surface area contributed by atoms with E-state index < -0.39 is 25.9 Å². The molecule has 1 unspecified atom stereocenters. The molecule has 0 saturated carbocycles. The highest BCUT2D eigenvalue weighted by Crippen LogP contribution is 2.34. The van der Waals surface area contributed by atoms with Crippen LogP contribution in [0.15, 0.2) is 17.0 Å². The van der Waals surface area contributed by atoms with Crippen molar-refractivity contribution >= 4 is 43.8 Å². The molecule has 6 nitrogen and oxygen atoms in total. The number of benzene rings is 1. The van der Waals surface area contributed by atoms with Gasteiger partial charge in [-0.15, -0.1) is 0 Å². The molecule has 2 atom stereocenters. The van der Waals surface area contributed by atoms with Gasteiger partial charge in [0.25, 0.3) is 10.0 Å². The fourth-order valence-electron chi connectivity index (χ4n) is 4.13. The molecule has 2 N–H and O–H groups in total. The number of thiazole rings is 1. The number of fused-ring (bicyclic) bond motifs is 1. The van der Waals surface area contributed by atoms with Crippen molar-refractivity contribution in [2.75, 3.05) is 29.7 Å². The van der Waals surface area contributed by atoms with Gasteiger partial charge in [0.2, 0.25) is 5.13 Å². The number of nitrogens with one attached hydrogen (secondary N) is 2. The minimum absolute atomic E-state index is 0.0680. The number of sulfonamides is 1. The number of rotatable bonds is 6. The SMILES string of the molecule is Cc1nc(NS(=O)(=O)c2cc(Cl)c(NC[C@@H]3CCN4CCCC34)cc2F)sc1F. The first-order valence-electron chi connectivity index (χ1n) is 9.37. The van der Waals surface area contributed by atoms with E-state index in [-0.39, 0.29) is 15.8 Å². The molecular formula is C18H21ClF2N4O2S2. The minimum Gasteiger partial charge on any atom is -0.383 e. The fourth-order valence-corrected chi connectivity index (χ4v) is 6.44. The third-order valence-electron chi connectivity index (χ3n) is 5.57. The molecule has 2 aliphatic rings. The van der Waals surface area contributed by atoms with Crippen molar-refractivity contribution in [3.8, 4) is 0 Å². The van der Waals surface area contributed by atoms with Crippen molar-refractivity contribution in [1.29, 1.82) is 0 Å². The maximum absolute atomic E-state index is 14.6. The number of hydrogen-bond donors (Lipinski definition) is 2. The first-order chi connectivity index (χ1) is 13.7. The predicted molar refractivity (Wildman–Crippen MR) is 110 cm³/mol. The Morgan fingerprint density at radius 1 is 1.31 bits per heavy atom. The summed E-state index contributed by atoms with van der Waals surface area (Å²) in [5.41, 5.74) is 0.425. The highest BCUT2D eigenvalue weighted by Gasteiger charge is 2.36. The Kier molecular flexibility index (Phi) is 5.71. The number of hydrogen-bond acceptors (Lipinski definition) is 6. The Bertz CT molecular complexity index is 1010. The van der Waals surface area contributed by atoms with E-state index >= 15 is 0 Å². The van der Waals surface area contributed by atoms with Crippen LogP contribution >= 0.6 is 22.9 Å². The lowest BCUT2D eigenvalue weighted by molar-refractivity contribution is 0.295. The fraction of sp³-hybridized carbons (Fsp3) is 0.500. The van der Waals surface area contributed by atoms with Crippen LogP contribution < -0.4 is 10.0 Å². The molecular weight excluding hydrogens is 442 g/mol. The Labute approximate surface area is 177 Å². The maximum atomic E-state index is 14.6. The molecule has 2 aliphatic heterocycles. The van der Waals surface area contributed by atoms with Crippen LogP contribution in [0, 0.1) is 23.8 Å². The molecule has 0 spiro atoms. The lowest BCUT2D eigenvalue weighted by Gasteiger charge is -2.21. The number of aromatic nitrogens is 1. The molecule has 4 rings (SSSR count). The van der Waals surface area contributed by atoms with Crippen molar-refractivity contribution in [3.05, 3.63) is 33.8 Å². The van der Waals surface area contributed by atoms with E-state index in [4.69, 9.17) is 11.6 Å².